The van der Waals surface area contributed by atoms with E-state index in [1.807, 2.05) is 0 Å². The third-order valence-corrected chi connectivity index (χ3v) is 6.67. The van der Waals surface area contributed by atoms with Crippen molar-refractivity contribution < 1.29 is 17.6 Å². The molecule has 0 radical (unpaired) electrons. The molecule has 8 heteroatoms. The third-order valence-electron chi connectivity index (χ3n) is 4.85. The lowest BCUT2D eigenvalue weighted by molar-refractivity contribution is -0.131. The second-order valence-electron chi connectivity index (χ2n) is 6.77. The molecule has 2 aromatic rings. The number of anilines is 1. The van der Waals surface area contributed by atoms with Gasteiger partial charge in [-0.1, -0.05) is 18.2 Å². The van der Waals surface area contributed by atoms with Crippen LogP contribution in [0.1, 0.15) is 6.42 Å². The van der Waals surface area contributed by atoms with E-state index in [1.54, 1.807) is 35.2 Å². The van der Waals surface area contributed by atoms with Crippen molar-refractivity contribution in [3.05, 3.63) is 60.4 Å². The second kappa shape index (κ2) is 8.70. The van der Waals surface area contributed by atoms with Gasteiger partial charge in [-0.25, -0.2) is 12.8 Å². The van der Waals surface area contributed by atoms with Gasteiger partial charge in [-0.3, -0.25) is 4.79 Å². The van der Waals surface area contributed by atoms with Crippen LogP contribution in [0.3, 0.4) is 0 Å². The lowest BCUT2D eigenvalue weighted by Gasteiger charge is -2.25. The number of sulfonamides is 1. The van der Waals surface area contributed by atoms with E-state index in [-0.39, 0.29) is 23.2 Å². The first-order chi connectivity index (χ1) is 13.4. The normalized spacial score (nSPS) is 15.5. The van der Waals surface area contributed by atoms with Crippen molar-refractivity contribution in [3.8, 4) is 0 Å². The lowest BCUT2D eigenvalue weighted by atomic mass is 10.2. The highest BCUT2D eigenvalue weighted by molar-refractivity contribution is 7.89. The molecule has 0 aromatic heterocycles. The minimum Gasteiger partial charge on any atom is -0.370 e. The Morgan fingerprint density at radius 2 is 1.68 bits per heavy atom. The van der Waals surface area contributed by atoms with Crippen LogP contribution in [0.4, 0.5) is 10.1 Å². The van der Waals surface area contributed by atoms with Crippen molar-refractivity contribution in [1.82, 2.24) is 9.21 Å². The van der Waals surface area contributed by atoms with Crippen LogP contribution in [0, 0.1) is 5.82 Å². The van der Waals surface area contributed by atoms with E-state index in [4.69, 9.17) is 0 Å². The van der Waals surface area contributed by atoms with Crippen molar-refractivity contribution in [3.63, 3.8) is 0 Å². The van der Waals surface area contributed by atoms with Gasteiger partial charge in [-0.15, -0.1) is 0 Å². The molecule has 1 amide bonds. The minimum atomic E-state index is -3.70. The van der Waals surface area contributed by atoms with Gasteiger partial charge in [0.25, 0.3) is 0 Å². The summed E-state index contributed by atoms with van der Waals surface area (Å²) in [6.07, 6.45) is 0.762. The van der Waals surface area contributed by atoms with Crippen LogP contribution in [-0.2, 0) is 14.8 Å². The highest BCUT2D eigenvalue weighted by Gasteiger charge is 2.26. The fourth-order valence-electron chi connectivity index (χ4n) is 3.22. The Kier molecular flexibility index (Phi) is 6.31. The van der Waals surface area contributed by atoms with E-state index in [1.165, 1.54) is 31.3 Å². The number of rotatable bonds is 5. The van der Waals surface area contributed by atoms with Crippen LogP contribution in [-0.4, -0.2) is 63.3 Å². The van der Waals surface area contributed by atoms with E-state index in [2.05, 4.69) is 4.90 Å². The third kappa shape index (κ3) is 4.69. The molecular formula is C20H24FN3O3S. The predicted molar refractivity (Wildman–Crippen MR) is 106 cm³/mol. The van der Waals surface area contributed by atoms with Gasteiger partial charge in [-0.2, -0.15) is 4.31 Å². The molecule has 0 saturated carbocycles. The average Bonchev–Trinajstić information content (AvgIpc) is 2.95. The standard InChI is InChI=1S/C20H24FN3O3S/c1-22(28(26,27)19-6-3-2-4-7-19)16-20(25)24-13-5-12-23(14-15-24)18-10-8-17(21)9-11-18/h2-4,6-11H,5,12-16H2,1H3. The van der Waals surface area contributed by atoms with Gasteiger partial charge in [0.1, 0.15) is 5.82 Å². The summed E-state index contributed by atoms with van der Waals surface area (Å²) in [5.41, 5.74) is 0.916. The van der Waals surface area contributed by atoms with Gasteiger partial charge in [0, 0.05) is 38.9 Å². The van der Waals surface area contributed by atoms with Crippen LogP contribution in [0.15, 0.2) is 59.5 Å². The zero-order chi connectivity index (χ0) is 20.1. The highest BCUT2D eigenvalue weighted by atomic mass is 32.2. The number of nitrogens with zero attached hydrogens (tertiary/aromatic N) is 3. The largest absolute Gasteiger partial charge is 0.370 e. The van der Waals surface area contributed by atoms with E-state index >= 15 is 0 Å². The maximum atomic E-state index is 13.1. The fraction of sp³-hybridized carbons (Fsp3) is 0.350. The van der Waals surface area contributed by atoms with E-state index in [0.717, 1.165) is 23.0 Å². The van der Waals surface area contributed by atoms with Gasteiger partial charge < -0.3 is 9.80 Å². The van der Waals surface area contributed by atoms with Gasteiger partial charge >= 0.3 is 0 Å². The second-order valence-corrected chi connectivity index (χ2v) is 8.82. The van der Waals surface area contributed by atoms with E-state index in [9.17, 15) is 17.6 Å². The monoisotopic (exact) mass is 405 g/mol. The summed E-state index contributed by atoms with van der Waals surface area (Å²) < 4.78 is 39.4. The Bertz CT molecular complexity index is 904. The van der Waals surface area contributed by atoms with Gasteiger partial charge in [0.15, 0.2) is 0 Å². The summed E-state index contributed by atoms with van der Waals surface area (Å²) in [4.78, 5) is 16.7. The summed E-state index contributed by atoms with van der Waals surface area (Å²) >= 11 is 0. The number of carbonyl (C=O) groups is 1. The molecule has 1 fully saturated rings. The first-order valence-corrected chi connectivity index (χ1v) is 10.6. The number of benzene rings is 2. The predicted octanol–water partition coefficient (Wildman–Crippen LogP) is 2.19. The summed E-state index contributed by atoms with van der Waals surface area (Å²) in [7, 11) is -2.28. The zero-order valence-electron chi connectivity index (χ0n) is 15.8. The van der Waals surface area contributed by atoms with Crippen molar-refractivity contribution in [2.45, 2.75) is 11.3 Å². The average molecular weight is 405 g/mol. The van der Waals surface area contributed by atoms with Crippen LogP contribution < -0.4 is 4.90 Å². The Hall–Kier alpha value is -2.45. The molecular weight excluding hydrogens is 381 g/mol. The molecule has 0 N–H and O–H groups in total. The van der Waals surface area contributed by atoms with Crippen molar-refractivity contribution in [2.75, 3.05) is 44.7 Å². The number of amides is 1. The number of hydrogen-bond acceptors (Lipinski definition) is 4. The maximum absolute atomic E-state index is 13.1. The van der Waals surface area contributed by atoms with Crippen LogP contribution in [0.5, 0.6) is 0 Å². The Balaban J connectivity index is 1.61. The topological polar surface area (TPSA) is 60.9 Å². The van der Waals surface area contributed by atoms with Crippen LogP contribution in [0.2, 0.25) is 0 Å². The molecule has 0 bridgehead atoms. The molecule has 0 aliphatic carbocycles. The summed E-state index contributed by atoms with van der Waals surface area (Å²) in [5, 5.41) is 0. The number of hydrogen-bond donors (Lipinski definition) is 0. The van der Waals surface area contributed by atoms with Gasteiger partial charge in [0.2, 0.25) is 15.9 Å². The van der Waals surface area contributed by atoms with E-state index in [0.29, 0.717) is 19.6 Å². The molecule has 1 aliphatic rings. The number of halogens is 1. The Morgan fingerprint density at radius 1 is 1.00 bits per heavy atom. The SMILES string of the molecule is CN(CC(=O)N1CCCN(c2ccc(F)cc2)CC1)S(=O)(=O)c1ccccc1. The van der Waals surface area contributed by atoms with Gasteiger partial charge in [-0.05, 0) is 42.8 Å². The zero-order valence-corrected chi connectivity index (χ0v) is 16.6. The molecule has 1 heterocycles. The molecule has 6 nitrogen and oxygen atoms in total. The molecule has 2 aromatic carbocycles. The first kappa shape index (κ1) is 20.3. The molecule has 1 aliphatic heterocycles. The molecule has 28 heavy (non-hydrogen) atoms. The van der Waals surface area contributed by atoms with Crippen molar-refractivity contribution in [1.29, 1.82) is 0 Å². The summed E-state index contributed by atoms with van der Waals surface area (Å²) in [6.45, 7) is 2.24. The van der Waals surface area contributed by atoms with Crippen molar-refractivity contribution in [2.24, 2.45) is 0 Å². The Morgan fingerprint density at radius 3 is 2.36 bits per heavy atom. The minimum absolute atomic E-state index is 0.170. The molecule has 1 saturated heterocycles. The molecule has 150 valence electrons. The maximum Gasteiger partial charge on any atom is 0.243 e. The first-order valence-electron chi connectivity index (χ1n) is 9.17. The molecule has 3 rings (SSSR count). The van der Waals surface area contributed by atoms with E-state index < -0.39 is 10.0 Å². The molecule has 0 spiro atoms. The highest BCUT2D eigenvalue weighted by Crippen LogP contribution is 2.18. The summed E-state index contributed by atoms with van der Waals surface area (Å²) in [5.74, 6) is -0.499. The number of carbonyl (C=O) groups excluding carboxylic acids is 1. The van der Waals surface area contributed by atoms with Gasteiger partial charge in [0.05, 0.1) is 11.4 Å². The molecule has 0 atom stereocenters. The van der Waals surface area contributed by atoms with Crippen molar-refractivity contribution >= 4 is 21.6 Å². The van der Waals surface area contributed by atoms with Crippen LogP contribution >= 0.6 is 0 Å². The lowest BCUT2D eigenvalue weighted by Crippen LogP contribution is -2.42. The Labute approximate surface area is 165 Å². The quantitative estimate of drug-likeness (QED) is 0.765. The summed E-state index contributed by atoms with van der Waals surface area (Å²) in [6, 6.07) is 14.4. The fourth-order valence-corrected chi connectivity index (χ4v) is 4.37. The molecule has 0 unspecified atom stereocenters. The smallest absolute Gasteiger partial charge is 0.243 e. The van der Waals surface area contributed by atoms with Crippen LogP contribution in [0.25, 0.3) is 0 Å². The number of likely N-dealkylation sites (N-methyl/N-ethyl adjacent to an activating group) is 1.